The highest BCUT2D eigenvalue weighted by Crippen LogP contribution is 2.25. The summed E-state index contributed by atoms with van der Waals surface area (Å²) in [5, 5.41) is 0. The molecule has 3 N–H and O–H groups in total. The SMILES string of the molecule is CCC(C)c1ccc(OC(F)(F)C(=O)NN)cc1. The van der Waals surface area contributed by atoms with Crippen LogP contribution in [0.4, 0.5) is 8.78 Å². The van der Waals surface area contributed by atoms with E-state index >= 15 is 0 Å². The molecule has 0 spiro atoms. The van der Waals surface area contributed by atoms with Crippen molar-refractivity contribution in [2.45, 2.75) is 32.3 Å². The molecule has 0 aromatic heterocycles. The molecule has 0 bridgehead atoms. The summed E-state index contributed by atoms with van der Waals surface area (Å²) in [5.41, 5.74) is 2.37. The van der Waals surface area contributed by atoms with E-state index in [0.29, 0.717) is 5.92 Å². The second-order valence-corrected chi connectivity index (χ2v) is 3.97. The van der Waals surface area contributed by atoms with Crippen LogP contribution in [0.15, 0.2) is 24.3 Å². The van der Waals surface area contributed by atoms with Crippen molar-refractivity contribution in [3.63, 3.8) is 0 Å². The molecule has 0 radical (unpaired) electrons. The number of nitrogens with two attached hydrogens (primary N) is 1. The standard InChI is InChI=1S/C12H16F2N2O2/c1-3-8(2)9-4-6-10(7-5-9)18-12(13,14)11(17)16-15/h4-8H,3,15H2,1-2H3,(H,16,17). The molecular weight excluding hydrogens is 242 g/mol. The highest BCUT2D eigenvalue weighted by atomic mass is 19.3. The largest absolute Gasteiger partial charge is 0.483 e. The fourth-order valence-electron chi connectivity index (χ4n) is 1.38. The molecule has 4 nitrogen and oxygen atoms in total. The van der Waals surface area contributed by atoms with Crippen molar-refractivity contribution in [3.05, 3.63) is 29.8 Å². The number of ether oxygens (including phenoxy) is 1. The van der Waals surface area contributed by atoms with Crippen LogP contribution < -0.4 is 16.0 Å². The van der Waals surface area contributed by atoms with E-state index in [0.717, 1.165) is 12.0 Å². The van der Waals surface area contributed by atoms with Crippen LogP contribution in [0.3, 0.4) is 0 Å². The first-order valence-corrected chi connectivity index (χ1v) is 5.58. The van der Waals surface area contributed by atoms with Crippen molar-refractivity contribution in [1.82, 2.24) is 5.43 Å². The van der Waals surface area contributed by atoms with Crippen LogP contribution in [0.2, 0.25) is 0 Å². The summed E-state index contributed by atoms with van der Waals surface area (Å²) in [6.07, 6.45) is -3.03. The topological polar surface area (TPSA) is 64.3 Å². The Morgan fingerprint density at radius 3 is 2.44 bits per heavy atom. The first-order valence-electron chi connectivity index (χ1n) is 5.58. The number of carbonyl (C=O) groups excluding carboxylic acids is 1. The number of nitrogens with one attached hydrogen (secondary N) is 1. The Kier molecular flexibility index (Phi) is 4.61. The van der Waals surface area contributed by atoms with Crippen molar-refractivity contribution < 1.29 is 18.3 Å². The average molecular weight is 258 g/mol. The Labute approximate surface area is 104 Å². The van der Waals surface area contributed by atoms with Crippen molar-refractivity contribution in [1.29, 1.82) is 0 Å². The Bertz CT molecular complexity index is 407. The van der Waals surface area contributed by atoms with Crippen molar-refractivity contribution in [2.75, 3.05) is 0 Å². The summed E-state index contributed by atoms with van der Waals surface area (Å²) in [7, 11) is 0. The van der Waals surface area contributed by atoms with Crippen LogP contribution in [0.1, 0.15) is 31.7 Å². The Hall–Kier alpha value is -1.69. The molecule has 0 fully saturated rings. The molecule has 100 valence electrons. The Morgan fingerprint density at radius 1 is 1.44 bits per heavy atom. The highest BCUT2D eigenvalue weighted by molar-refractivity contribution is 5.81. The van der Waals surface area contributed by atoms with Crippen molar-refractivity contribution in [3.8, 4) is 5.75 Å². The van der Waals surface area contributed by atoms with Crippen LogP contribution in [0.5, 0.6) is 5.75 Å². The number of hydrazine groups is 1. The van der Waals surface area contributed by atoms with Crippen molar-refractivity contribution in [2.24, 2.45) is 5.84 Å². The average Bonchev–Trinajstić information content (AvgIpc) is 2.37. The summed E-state index contributed by atoms with van der Waals surface area (Å²) in [4.78, 5) is 10.7. The number of halogens is 2. The molecule has 18 heavy (non-hydrogen) atoms. The molecule has 0 aliphatic rings. The van der Waals surface area contributed by atoms with Gasteiger partial charge in [0.15, 0.2) is 0 Å². The van der Waals surface area contributed by atoms with Gasteiger partial charge in [0.05, 0.1) is 0 Å². The van der Waals surface area contributed by atoms with Crippen LogP contribution in [-0.4, -0.2) is 12.0 Å². The summed E-state index contributed by atoms with van der Waals surface area (Å²) < 4.78 is 30.5. The smallest absolute Gasteiger partial charge is 0.425 e. The summed E-state index contributed by atoms with van der Waals surface area (Å²) in [6, 6.07) is 6.19. The van der Waals surface area contributed by atoms with Gasteiger partial charge in [-0.1, -0.05) is 26.0 Å². The third-order valence-corrected chi connectivity index (χ3v) is 2.70. The number of carbonyl (C=O) groups is 1. The van der Waals surface area contributed by atoms with Gasteiger partial charge in [-0.3, -0.25) is 10.2 Å². The van der Waals surface area contributed by atoms with Gasteiger partial charge in [0.25, 0.3) is 0 Å². The first-order chi connectivity index (χ1) is 8.40. The zero-order valence-corrected chi connectivity index (χ0v) is 10.2. The molecule has 1 atom stereocenters. The van der Waals surface area contributed by atoms with E-state index in [1.807, 2.05) is 13.8 Å². The zero-order valence-electron chi connectivity index (χ0n) is 10.2. The lowest BCUT2D eigenvalue weighted by Crippen LogP contribution is -2.47. The van der Waals surface area contributed by atoms with E-state index in [2.05, 4.69) is 10.6 Å². The summed E-state index contributed by atoms with van der Waals surface area (Å²) >= 11 is 0. The lowest BCUT2D eigenvalue weighted by atomic mass is 9.99. The number of rotatable bonds is 5. The predicted octanol–water partition coefficient (Wildman–Crippen LogP) is 2.16. The number of benzene rings is 1. The van der Waals surface area contributed by atoms with E-state index in [-0.39, 0.29) is 5.75 Å². The van der Waals surface area contributed by atoms with Crippen LogP contribution in [0.25, 0.3) is 0 Å². The fraction of sp³-hybridized carbons (Fsp3) is 0.417. The van der Waals surface area contributed by atoms with E-state index in [9.17, 15) is 13.6 Å². The molecule has 0 aliphatic heterocycles. The molecule has 0 heterocycles. The number of alkyl halides is 2. The molecule has 6 heteroatoms. The quantitative estimate of drug-likeness (QED) is 0.483. The Balaban J connectivity index is 2.78. The number of hydrogen-bond acceptors (Lipinski definition) is 3. The van der Waals surface area contributed by atoms with Crippen LogP contribution >= 0.6 is 0 Å². The maximum absolute atomic E-state index is 13.1. The molecule has 0 aliphatic carbocycles. The minimum atomic E-state index is -3.98. The van der Waals surface area contributed by atoms with E-state index in [1.54, 1.807) is 12.1 Å². The minimum absolute atomic E-state index is 0.0874. The number of amides is 1. The lowest BCUT2D eigenvalue weighted by molar-refractivity contribution is -0.192. The normalized spacial score (nSPS) is 12.9. The van der Waals surface area contributed by atoms with Gasteiger partial charge < -0.3 is 4.74 Å². The number of hydrogen-bond donors (Lipinski definition) is 2. The lowest BCUT2D eigenvalue weighted by Gasteiger charge is -2.16. The first kappa shape index (κ1) is 14.4. The summed E-state index contributed by atoms with van der Waals surface area (Å²) in [5.74, 6) is 3.20. The zero-order chi connectivity index (χ0) is 13.8. The fourth-order valence-corrected chi connectivity index (χ4v) is 1.38. The van der Waals surface area contributed by atoms with Gasteiger partial charge >= 0.3 is 12.0 Å². The monoisotopic (exact) mass is 258 g/mol. The van der Waals surface area contributed by atoms with E-state index in [4.69, 9.17) is 0 Å². The van der Waals surface area contributed by atoms with Gasteiger partial charge in [-0.05, 0) is 30.0 Å². The molecule has 1 amide bonds. The third kappa shape index (κ3) is 3.40. The van der Waals surface area contributed by atoms with E-state index < -0.39 is 12.0 Å². The van der Waals surface area contributed by atoms with Crippen LogP contribution in [0, 0.1) is 0 Å². The minimum Gasteiger partial charge on any atom is -0.425 e. The Morgan fingerprint density at radius 2 is 2.00 bits per heavy atom. The van der Waals surface area contributed by atoms with Crippen LogP contribution in [-0.2, 0) is 4.79 Å². The molecule has 0 saturated carbocycles. The predicted molar refractivity (Wildman–Crippen MR) is 63.1 cm³/mol. The van der Waals surface area contributed by atoms with Crippen molar-refractivity contribution >= 4 is 5.91 Å². The highest BCUT2D eigenvalue weighted by Gasteiger charge is 2.41. The van der Waals surface area contributed by atoms with Gasteiger partial charge in [0.1, 0.15) is 5.75 Å². The van der Waals surface area contributed by atoms with E-state index in [1.165, 1.54) is 17.6 Å². The van der Waals surface area contributed by atoms with Gasteiger partial charge in [0.2, 0.25) is 0 Å². The van der Waals surface area contributed by atoms with Gasteiger partial charge in [0, 0.05) is 0 Å². The third-order valence-electron chi connectivity index (χ3n) is 2.70. The maximum atomic E-state index is 13.1. The second kappa shape index (κ2) is 5.77. The maximum Gasteiger partial charge on any atom is 0.483 e. The molecule has 1 aromatic carbocycles. The van der Waals surface area contributed by atoms with Gasteiger partial charge in [-0.25, -0.2) is 5.84 Å². The summed E-state index contributed by atoms with van der Waals surface area (Å²) in [6.45, 7) is 4.07. The molecule has 1 rings (SSSR count). The molecular formula is C12H16F2N2O2. The molecule has 0 saturated heterocycles. The van der Waals surface area contributed by atoms with Gasteiger partial charge in [-0.15, -0.1) is 0 Å². The second-order valence-electron chi connectivity index (χ2n) is 3.97. The molecule has 1 aromatic rings. The molecule has 1 unspecified atom stereocenters. The van der Waals surface area contributed by atoms with Gasteiger partial charge in [-0.2, -0.15) is 8.78 Å².